The Morgan fingerprint density at radius 3 is 2.36 bits per heavy atom. The number of alkyl halides is 3. The van der Waals surface area contributed by atoms with Crippen molar-refractivity contribution in [2.24, 2.45) is 11.8 Å². The van der Waals surface area contributed by atoms with Gasteiger partial charge in [-0.2, -0.15) is 13.2 Å². The highest BCUT2D eigenvalue weighted by Crippen LogP contribution is 2.36. The van der Waals surface area contributed by atoms with Crippen molar-refractivity contribution in [2.45, 2.75) is 45.8 Å². The number of piperidine rings is 1. The molecule has 2 aromatic rings. The van der Waals surface area contributed by atoms with Crippen LogP contribution in [0.1, 0.15) is 37.3 Å². The van der Waals surface area contributed by atoms with E-state index in [4.69, 9.17) is 0 Å². The minimum Gasteiger partial charge on any atom is -0.371 e. The van der Waals surface area contributed by atoms with Gasteiger partial charge in [-0.25, -0.2) is 0 Å². The van der Waals surface area contributed by atoms with Crippen molar-refractivity contribution in [3.63, 3.8) is 0 Å². The van der Waals surface area contributed by atoms with Crippen molar-refractivity contribution in [1.82, 2.24) is 10.2 Å². The zero-order valence-corrected chi connectivity index (χ0v) is 20.7. The lowest BCUT2D eigenvalue weighted by molar-refractivity contribution is -0.179. The van der Waals surface area contributed by atoms with Crippen LogP contribution in [0.25, 0.3) is 0 Å². The number of benzene rings is 2. The lowest BCUT2D eigenvalue weighted by Crippen LogP contribution is -2.39. The highest BCUT2D eigenvalue weighted by Gasteiger charge is 2.41. The van der Waals surface area contributed by atoms with Crippen LogP contribution in [0.5, 0.6) is 0 Å². The van der Waals surface area contributed by atoms with Crippen molar-refractivity contribution < 1.29 is 22.8 Å². The quantitative estimate of drug-likeness (QED) is 0.559. The van der Waals surface area contributed by atoms with Crippen LogP contribution in [-0.4, -0.2) is 49.1 Å². The third-order valence-electron chi connectivity index (χ3n) is 7.20. The van der Waals surface area contributed by atoms with Crippen molar-refractivity contribution in [2.75, 3.05) is 36.4 Å². The fourth-order valence-electron chi connectivity index (χ4n) is 4.90. The third kappa shape index (κ3) is 6.12. The second kappa shape index (κ2) is 10.8. The van der Waals surface area contributed by atoms with Gasteiger partial charge in [0.1, 0.15) is 0 Å². The first-order valence-corrected chi connectivity index (χ1v) is 12.5. The Morgan fingerprint density at radius 2 is 1.78 bits per heavy atom. The normalized spacial score (nSPS) is 19.0. The van der Waals surface area contributed by atoms with Gasteiger partial charge in [-0.05, 0) is 68.1 Å². The Balaban J connectivity index is 1.28. The molecule has 2 saturated heterocycles. The molecule has 0 aromatic heterocycles. The van der Waals surface area contributed by atoms with Gasteiger partial charge in [0.05, 0.1) is 11.8 Å². The molecule has 0 saturated carbocycles. The molecule has 2 amide bonds. The number of likely N-dealkylation sites (tertiary alicyclic amines) is 1. The maximum absolute atomic E-state index is 12.9. The molecule has 0 bridgehead atoms. The molecule has 2 aromatic carbocycles. The van der Waals surface area contributed by atoms with Gasteiger partial charge in [0.15, 0.2) is 0 Å². The van der Waals surface area contributed by atoms with Crippen LogP contribution in [0.2, 0.25) is 0 Å². The number of halogens is 3. The number of rotatable bonds is 7. The molecule has 0 spiro atoms. The Bertz CT molecular complexity index is 1080. The predicted molar refractivity (Wildman–Crippen MR) is 134 cm³/mol. The van der Waals surface area contributed by atoms with E-state index < -0.39 is 12.1 Å². The molecule has 194 valence electrons. The van der Waals surface area contributed by atoms with E-state index in [2.05, 4.69) is 10.6 Å². The zero-order chi connectivity index (χ0) is 25.9. The first kappa shape index (κ1) is 25.9. The van der Waals surface area contributed by atoms with Gasteiger partial charge in [0.25, 0.3) is 0 Å². The standard InChI is InChI=1S/C27H33F3N4O2/c1-3-33-17-20(15-25(33)35)26(36)31-16-19-4-6-22(7-5-19)32-24-9-8-23(14-18(24)2)34-12-10-21(11-13-34)27(28,29)30/h4-9,14,20-21,32H,3,10-13,15-17H2,1-2H3,(H,31,36). The molecule has 4 rings (SSSR count). The maximum atomic E-state index is 12.9. The molecule has 36 heavy (non-hydrogen) atoms. The van der Waals surface area contributed by atoms with Gasteiger partial charge < -0.3 is 20.4 Å². The predicted octanol–water partition coefficient (Wildman–Crippen LogP) is 5.00. The molecule has 2 fully saturated rings. The molecule has 2 N–H and O–H groups in total. The van der Waals surface area contributed by atoms with Crippen LogP contribution in [0.3, 0.4) is 0 Å². The number of nitrogens with one attached hydrogen (secondary N) is 2. The van der Waals surface area contributed by atoms with E-state index in [9.17, 15) is 22.8 Å². The fraction of sp³-hybridized carbons (Fsp3) is 0.481. The topological polar surface area (TPSA) is 64.7 Å². The van der Waals surface area contributed by atoms with Crippen LogP contribution in [0.15, 0.2) is 42.5 Å². The van der Waals surface area contributed by atoms with Crippen molar-refractivity contribution in [3.8, 4) is 0 Å². The highest BCUT2D eigenvalue weighted by atomic mass is 19.4. The van der Waals surface area contributed by atoms with Gasteiger partial charge in [0, 0.05) is 56.2 Å². The molecular formula is C27H33F3N4O2. The third-order valence-corrected chi connectivity index (χ3v) is 7.20. The molecule has 1 atom stereocenters. The Morgan fingerprint density at radius 1 is 1.08 bits per heavy atom. The summed E-state index contributed by atoms with van der Waals surface area (Å²) in [5.41, 5.74) is 4.73. The molecule has 6 nitrogen and oxygen atoms in total. The first-order chi connectivity index (χ1) is 17.1. The summed E-state index contributed by atoms with van der Waals surface area (Å²) in [7, 11) is 0. The monoisotopic (exact) mass is 502 g/mol. The number of hydrogen-bond acceptors (Lipinski definition) is 4. The van der Waals surface area contributed by atoms with Gasteiger partial charge in [-0.1, -0.05) is 12.1 Å². The lowest BCUT2D eigenvalue weighted by Gasteiger charge is -2.34. The van der Waals surface area contributed by atoms with Crippen LogP contribution in [0, 0.1) is 18.8 Å². The first-order valence-electron chi connectivity index (χ1n) is 12.5. The summed E-state index contributed by atoms with van der Waals surface area (Å²) >= 11 is 0. The summed E-state index contributed by atoms with van der Waals surface area (Å²) in [4.78, 5) is 28.0. The molecule has 9 heteroatoms. The summed E-state index contributed by atoms with van der Waals surface area (Å²) in [5.74, 6) is -1.56. The summed E-state index contributed by atoms with van der Waals surface area (Å²) < 4.78 is 38.8. The minimum atomic E-state index is -4.11. The van der Waals surface area contributed by atoms with Crippen molar-refractivity contribution in [3.05, 3.63) is 53.6 Å². The van der Waals surface area contributed by atoms with E-state index in [-0.39, 0.29) is 37.0 Å². The van der Waals surface area contributed by atoms with E-state index >= 15 is 0 Å². The number of carbonyl (C=O) groups excluding carboxylic acids is 2. The minimum absolute atomic E-state index is 0.0300. The molecule has 2 aliphatic heterocycles. The molecule has 2 aliphatic rings. The zero-order valence-electron chi connectivity index (χ0n) is 20.7. The van der Waals surface area contributed by atoms with E-state index in [0.29, 0.717) is 32.7 Å². The van der Waals surface area contributed by atoms with Gasteiger partial charge in [-0.3, -0.25) is 9.59 Å². The van der Waals surface area contributed by atoms with Gasteiger partial charge >= 0.3 is 6.18 Å². The van der Waals surface area contributed by atoms with E-state index in [1.807, 2.05) is 61.2 Å². The summed E-state index contributed by atoms with van der Waals surface area (Å²) in [6.45, 7) is 6.20. The molecule has 0 aliphatic carbocycles. The SMILES string of the molecule is CCN1CC(C(=O)NCc2ccc(Nc3ccc(N4CCC(C(F)(F)F)CC4)cc3C)cc2)CC1=O. The van der Waals surface area contributed by atoms with E-state index in [1.165, 1.54) is 0 Å². The molecular weight excluding hydrogens is 469 g/mol. The Labute approximate surface area is 209 Å². The molecule has 0 radical (unpaired) electrons. The van der Waals surface area contributed by atoms with Crippen LogP contribution in [-0.2, 0) is 16.1 Å². The van der Waals surface area contributed by atoms with Crippen molar-refractivity contribution in [1.29, 1.82) is 0 Å². The number of anilines is 3. The summed E-state index contributed by atoms with van der Waals surface area (Å²) in [6.07, 6.45) is -3.58. The van der Waals surface area contributed by atoms with Crippen LogP contribution < -0.4 is 15.5 Å². The van der Waals surface area contributed by atoms with Crippen molar-refractivity contribution >= 4 is 28.9 Å². The molecule has 1 unspecified atom stereocenters. The highest BCUT2D eigenvalue weighted by molar-refractivity contribution is 5.89. The fourth-order valence-corrected chi connectivity index (χ4v) is 4.90. The van der Waals surface area contributed by atoms with Crippen LogP contribution >= 0.6 is 0 Å². The Kier molecular flexibility index (Phi) is 7.76. The average Bonchev–Trinajstić information content (AvgIpc) is 3.25. The number of amides is 2. The number of hydrogen-bond donors (Lipinski definition) is 2. The summed E-state index contributed by atoms with van der Waals surface area (Å²) in [6, 6.07) is 13.7. The number of carbonyl (C=O) groups is 2. The van der Waals surface area contributed by atoms with Crippen LogP contribution in [0.4, 0.5) is 30.2 Å². The molecule has 2 heterocycles. The van der Waals surface area contributed by atoms with Gasteiger partial charge in [0.2, 0.25) is 11.8 Å². The largest absolute Gasteiger partial charge is 0.391 e. The average molecular weight is 503 g/mol. The summed E-state index contributed by atoms with van der Waals surface area (Å²) in [5, 5.41) is 6.31. The smallest absolute Gasteiger partial charge is 0.371 e. The lowest BCUT2D eigenvalue weighted by atomic mass is 9.96. The second-order valence-corrected chi connectivity index (χ2v) is 9.68. The number of aryl methyl sites for hydroxylation is 1. The van der Waals surface area contributed by atoms with E-state index in [0.717, 1.165) is 28.2 Å². The van der Waals surface area contributed by atoms with E-state index in [1.54, 1.807) is 4.90 Å². The second-order valence-electron chi connectivity index (χ2n) is 9.68. The Hall–Kier alpha value is -3.23. The van der Waals surface area contributed by atoms with Gasteiger partial charge in [-0.15, -0.1) is 0 Å². The number of nitrogens with zero attached hydrogens (tertiary/aromatic N) is 2. The maximum Gasteiger partial charge on any atom is 0.391 e.